The molecule has 136 valence electrons. The molecular formula is C21H24N2O2S. The average molecular weight is 369 g/mol. The molecule has 0 N–H and O–H groups in total. The van der Waals surface area contributed by atoms with Gasteiger partial charge >= 0.3 is 0 Å². The zero-order valence-electron chi connectivity index (χ0n) is 15.2. The first-order chi connectivity index (χ1) is 12.6. The molecule has 2 atom stereocenters. The Hall–Kier alpha value is -2.11. The molecule has 0 aliphatic carbocycles. The van der Waals surface area contributed by atoms with Crippen molar-refractivity contribution in [1.82, 2.24) is 0 Å². The van der Waals surface area contributed by atoms with Crippen LogP contribution < -0.4 is 4.57 Å². The van der Waals surface area contributed by atoms with E-state index in [0.29, 0.717) is 17.2 Å². The van der Waals surface area contributed by atoms with Crippen LogP contribution in [0.4, 0.5) is 0 Å². The van der Waals surface area contributed by atoms with Gasteiger partial charge in [-0.15, -0.1) is 0 Å². The van der Waals surface area contributed by atoms with Gasteiger partial charge in [0.2, 0.25) is 11.8 Å². The standard InChI is InChI=1S/C21H24N2O2S/c1-15-8-9-17(13-16(15)2)20(24)19(23-10-4-3-5-11-23)21(26)22-14-18-7-6-12-25-18/h3-5,8-11,13,18-19H,6-7,12,14H2,1-2H3/t18-,19-/m0/s1. The van der Waals surface area contributed by atoms with E-state index in [1.165, 1.54) is 0 Å². The van der Waals surface area contributed by atoms with Crippen molar-refractivity contribution in [2.75, 3.05) is 13.2 Å². The summed E-state index contributed by atoms with van der Waals surface area (Å²) in [6.07, 6.45) is 5.90. The van der Waals surface area contributed by atoms with Gasteiger partial charge in [-0.3, -0.25) is 4.79 Å². The van der Waals surface area contributed by atoms with Crippen LogP contribution in [0.3, 0.4) is 0 Å². The van der Waals surface area contributed by atoms with E-state index >= 15 is 0 Å². The average Bonchev–Trinajstić information content (AvgIpc) is 3.17. The Morgan fingerprint density at radius 3 is 2.69 bits per heavy atom. The number of carbonyl (C=O) groups is 1. The van der Waals surface area contributed by atoms with Crippen molar-refractivity contribution in [1.29, 1.82) is 0 Å². The van der Waals surface area contributed by atoms with Crippen molar-refractivity contribution < 1.29 is 14.1 Å². The van der Waals surface area contributed by atoms with Gasteiger partial charge in [0.05, 0.1) is 12.6 Å². The largest absolute Gasteiger partial charge is 0.758 e. The van der Waals surface area contributed by atoms with E-state index in [9.17, 15) is 4.79 Å². The molecule has 4 nitrogen and oxygen atoms in total. The van der Waals surface area contributed by atoms with Gasteiger partial charge in [-0.2, -0.15) is 4.57 Å². The van der Waals surface area contributed by atoms with Gasteiger partial charge in [0.25, 0.3) is 0 Å². The number of hydrogen-bond donors (Lipinski definition) is 0. The van der Waals surface area contributed by atoms with Crippen molar-refractivity contribution in [2.45, 2.75) is 38.8 Å². The van der Waals surface area contributed by atoms with Gasteiger partial charge in [-0.05, 0) is 48.9 Å². The predicted octanol–water partition coefficient (Wildman–Crippen LogP) is 3.14. The molecule has 0 bridgehead atoms. The summed E-state index contributed by atoms with van der Waals surface area (Å²) in [5.74, 6) is -0.0367. The van der Waals surface area contributed by atoms with Crippen molar-refractivity contribution in [2.24, 2.45) is 4.99 Å². The molecule has 1 aromatic heterocycles. The zero-order valence-corrected chi connectivity index (χ0v) is 16.0. The lowest BCUT2D eigenvalue weighted by molar-refractivity contribution is -0.691. The lowest BCUT2D eigenvalue weighted by Crippen LogP contribution is -2.47. The molecule has 1 aromatic carbocycles. The third-order valence-corrected chi connectivity index (χ3v) is 5.14. The molecule has 2 aromatic rings. The van der Waals surface area contributed by atoms with Crippen LogP contribution in [-0.2, 0) is 17.4 Å². The fraction of sp³-hybridized carbons (Fsp3) is 0.381. The fourth-order valence-electron chi connectivity index (χ4n) is 3.08. The van der Waals surface area contributed by atoms with Crippen LogP contribution in [0.5, 0.6) is 0 Å². The number of aromatic nitrogens is 1. The first-order valence-electron chi connectivity index (χ1n) is 8.96. The number of pyridine rings is 1. The molecule has 26 heavy (non-hydrogen) atoms. The third-order valence-electron chi connectivity index (χ3n) is 4.79. The smallest absolute Gasteiger partial charge is 0.237 e. The SMILES string of the molecule is Cc1ccc(C(=O)[C@@H](C([S-])=NC[C@@H]2CCCO2)[n+]2ccccc2)cc1C. The summed E-state index contributed by atoms with van der Waals surface area (Å²) in [6, 6.07) is 10.9. The summed E-state index contributed by atoms with van der Waals surface area (Å²) in [7, 11) is 0. The van der Waals surface area contributed by atoms with Crippen molar-refractivity contribution in [3.05, 3.63) is 65.5 Å². The van der Waals surface area contributed by atoms with Gasteiger partial charge < -0.3 is 22.4 Å². The highest BCUT2D eigenvalue weighted by Gasteiger charge is 2.28. The Labute approximate surface area is 160 Å². The first-order valence-corrected chi connectivity index (χ1v) is 9.37. The number of nitrogens with zero attached hydrogens (tertiary/aromatic N) is 2. The highest BCUT2D eigenvalue weighted by molar-refractivity contribution is 7.77. The Bertz CT molecular complexity index is 799. The minimum absolute atomic E-state index is 0.0367. The van der Waals surface area contributed by atoms with Crippen molar-refractivity contribution in [3.8, 4) is 0 Å². The van der Waals surface area contributed by atoms with E-state index in [1.54, 1.807) is 0 Å². The quantitative estimate of drug-likeness (QED) is 0.259. The van der Waals surface area contributed by atoms with Gasteiger partial charge in [-0.25, -0.2) is 0 Å². The second kappa shape index (κ2) is 8.52. The Kier molecular flexibility index (Phi) is 6.12. The van der Waals surface area contributed by atoms with Crippen LogP contribution in [-0.4, -0.2) is 30.1 Å². The Morgan fingerprint density at radius 2 is 2.04 bits per heavy atom. The van der Waals surface area contributed by atoms with Gasteiger partial charge in [0.15, 0.2) is 12.4 Å². The summed E-state index contributed by atoms with van der Waals surface area (Å²) in [4.78, 5) is 17.8. The first kappa shape index (κ1) is 18.7. The van der Waals surface area contributed by atoms with E-state index in [2.05, 4.69) is 4.99 Å². The van der Waals surface area contributed by atoms with Crippen molar-refractivity contribution in [3.63, 3.8) is 0 Å². The predicted molar refractivity (Wildman–Crippen MR) is 105 cm³/mol. The number of ketones is 1. The van der Waals surface area contributed by atoms with Crippen LogP contribution in [0.2, 0.25) is 0 Å². The van der Waals surface area contributed by atoms with Crippen LogP contribution in [0.15, 0.2) is 53.8 Å². The van der Waals surface area contributed by atoms with Gasteiger partial charge in [-0.1, -0.05) is 18.2 Å². The number of carbonyl (C=O) groups excluding carboxylic acids is 1. The Morgan fingerprint density at radius 1 is 1.27 bits per heavy atom. The van der Waals surface area contributed by atoms with Crippen LogP contribution >= 0.6 is 0 Å². The molecule has 1 aliphatic heterocycles. The number of ether oxygens (including phenoxy) is 1. The molecule has 1 saturated heterocycles. The molecule has 0 amide bonds. The van der Waals surface area contributed by atoms with Crippen LogP contribution in [0.1, 0.15) is 40.4 Å². The lowest BCUT2D eigenvalue weighted by Gasteiger charge is -2.19. The second-order valence-corrected chi connectivity index (χ2v) is 7.12. The summed E-state index contributed by atoms with van der Waals surface area (Å²) in [6.45, 7) is 5.35. The van der Waals surface area contributed by atoms with Crippen LogP contribution in [0.25, 0.3) is 0 Å². The molecule has 3 rings (SSSR count). The number of aryl methyl sites for hydroxylation is 2. The number of aliphatic imine (C=N–C) groups is 1. The molecule has 0 spiro atoms. The molecule has 0 radical (unpaired) electrons. The monoisotopic (exact) mass is 368 g/mol. The summed E-state index contributed by atoms with van der Waals surface area (Å²) >= 11 is 5.56. The molecule has 0 saturated carbocycles. The molecule has 0 unspecified atom stereocenters. The lowest BCUT2D eigenvalue weighted by atomic mass is 9.99. The maximum absolute atomic E-state index is 13.2. The maximum Gasteiger partial charge on any atom is 0.237 e. The van der Waals surface area contributed by atoms with Gasteiger partial charge in [0, 0.05) is 24.3 Å². The summed E-state index contributed by atoms with van der Waals surface area (Å²) < 4.78 is 7.45. The van der Waals surface area contributed by atoms with E-state index in [0.717, 1.165) is 30.6 Å². The minimum atomic E-state index is -0.616. The van der Waals surface area contributed by atoms with Crippen LogP contribution in [0, 0.1) is 13.8 Å². The second-order valence-electron chi connectivity index (χ2n) is 6.70. The van der Waals surface area contributed by atoms with Gasteiger partial charge in [0.1, 0.15) is 0 Å². The summed E-state index contributed by atoms with van der Waals surface area (Å²) in [5, 5.41) is 0.403. The highest BCUT2D eigenvalue weighted by atomic mass is 32.1. The summed E-state index contributed by atoms with van der Waals surface area (Å²) in [5.41, 5.74) is 2.91. The number of rotatable bonds is 6. The van der Waals surface area contributed by atoms with E-state index in [-0.39, 0.29) is 11.9 Å². The van der Waals surface area contributed by atoms with Crippen molar-refractivity contribution >= 4 is 23.5 Å². The highest BCUT2D eigenvalue weighted by Crippen LogP contribution is 2.17. The Balaban J connectivity index is 1.91. The normalized spacial score (nSPS) is 18.7. The molecular weight excluding hydrogens is 344 g/mol. The molecule has 1 fully saturated rings. The molecule has 2 heterocycles. The van der Waals surface area contributed by atoms with E-state index < -0.39 is 6.04 Å². The number of Topliss-reactive ketones (excluding diaryl/α,β-unsaturated/α-hetero) is 1. The fourth-order valence-corrected chi connectivity index (χ4v) is 3.38. The zero-order chi connectivity index (χ0) is 18.5. The van der Waals surface area contributed by atoms with E-state index in [1.807, 2.05) is 67.2 Å². The van der Waals surface area contributed by atoms with E-state index in [4.69, 9.17) is 17.4 Å². The third kappa shape index (κ3) is 4.34. The number of benzene rings is 1. The maximum atomic E-state index is 13.2. The topological polar surface area (TPSA) is 42.5 Å². The minimum Gasteiger partial charge on any atom is -0.758 e. The molecule has 5 heteroatoms. The molecule has 1 aliphatic rings. The number of hydrogen-bond acceptors (Lipinski definition) is 4.